The van der Waals surface area contributed by atoms with Gasteiger partial charge in [0.2, 0.25) is 5.91 Å². The van der Waals surface area contributed by atoms with Crippen molar-refractivity contribution in [1.82, 2.24) is 0 Å². The molecule has 0 unspecified atom stereocenters. The molecule has 0 saturated heterocycles. The summed E-state index contributed by atoms with van der Waals surface area (Å²) in [6.45, 7) is 5.44. The van der Waals surface area contributed by atoms with E-state index >= 15 is 0 Å². The molecule has 2 N–H and O–H groups in total. The average molecular weight is 326 g/mol. The lowest BCUT2D eigenvalue weighted by Crippen LogP contribution is -2.23. The molecule has 0 saturated carbocycles. The number of anilines is 2. The van der Waals surface area contributed by atoms with E-state index in [1.54, 1.807) is 6.07 Å². The standard InChI is InChI=1S/C19H22N2O3/c1-3-14-6-4-5-13(2)19(14)20-12-18(22)21-15-7-8-16-17(11-15)24-10-9-23-16/h4-8,11,20H,3,9-10,12H2,1-2H3,(H,21,22). The number of ether oxygens (including phenoxy) is 2. The molecule has 1 aliphatic rings. The van der Waals surface area contributed by atoms with E-state index in [0.717, 1.165) is 17.7 Å². The minimum Gasteiger partial charge on any atom is -0.486 e. The van der Waals surface area contributed by atoms with Gasteiger partial charge in [-0.1, -0.05) is 25.1 Å². The molecule has 0 fully saturated rings. The number of benzene rings is 2. The Balaban J connectivity index is 1.62. The number of hydrogen-bond donors (Lipinski definition) is 2. The molecule has 0 aliphatic carbocycles. The Labute approximate surface area is 142 Å². The number of rotatable bonds is 5. The van der Waals surface area contributed by atoms with Crippen molar-refractivity contribution in [3.05, 3.63) is 47.5 Å². The lowest BCUT2D eigenvalue weighted by molar-refractivity contribution is -0.114. The van der Waals surface area contributed by atoms with Crippen LogP contribution in [0.1, 0.15) is 18.1 Å². The van der Waals surface area contributed by atoms with Crippen molar-refractivity contribution >= 4 is 17.3 Å². The summed E-state index contributed by atoms with van der Waals surface area (Å²) in [7, 11) is 0. The second-order valence-corrected chi connectivity index (χ2v) is 5.72. The first-order valence-electron chi connectivity index (χ1n) is 8.19. The molecule has 126 valence electrons. The highest BCUT2D eigenvalue weighted by molar-refractivity contribution is 5.94. The summed E-state index contributed by atoms with van der Waals surface area (Å²) in [4.78, 5) is 12.2. The van der Waals surface area contributed by atoms with Gasteiger partial charge in [0.1, 0.15) is 13.2 Å². The highest BCUT2D eigenvalue weighted by Gasteiger charge is 2.13. The molecule has 5 heteroatoms. The summed E-state index contributed by atoms with van der Waals surface area (Å²) < 4.78 is 11.0. The van der Waals surface area contributed by atoms with Gasteiger partial charge in [-0.25, -0.2) is 0 Å². The number of aryl methyl sites for hydroxylation is 2. The van der Waals surface area contributed by atoms with Crippen LogP contribution in [0.5, 0.6) is 11.5 Å². The molecule has 5 nitrogen and oxygen atoms in total. The molecule has 0 spiro atoms. The van der Waals surface area contributed by atoms with Crippen LogP contribution < -0.4 is 20.1 Å². The quantitative estimate of drug-likeness (QED) is 0.884. The van der Waals surface area contributed by atoms with Crippen molar-refractivity contribution in [3.8, 4) is 11.5 Å². The Morgan fingerprint density at radius 2 is 1.92 bits per heavy atom. The Bertz CT molecular complexity index is 743. The first-order valence-corrected chi connectivity index (χ1v) is 8.19. The van der Waals surface area contributed by atoms with Gasteiger partial charge in [-0.15, -0.1) is 0 Å². The van der Waals surface area contributed by atoms with Crippen molar-refractivity contribution < 1.29 is 14.3 Å². The number of amides is 1. The molecular weight excluding hydrogens is 304 g/mol. The molecule has 2 aromatic carbocycles. The Kier molecular flexibility index (Phi) is 4.89. The van der Waals surface area contributed by atoms with Crippen LogP contribution in [-0.2, 0) is 11.2 Å². The van der Waals surface area contributed by atoms with E-state index in [4.69, 9.17) is 9.47 Å². The van der Waals surface area contributed by atoms with Gasteiger partial charge in [-0.3, -0.25) is 4.79 Å². The van der Waals surface area contributed by atoms with E-state index in [-0.39, 0.29) is 12.5 Å². The number of para-hydroxylation sites is 1. The van der Waals surface area contributed by atoms with E-state index in [9.17, 15) is 4.79 Å². The number of carbonyl (C=O) groups is 1. The first-order chi connectivity index (χ1) is 11.7. The van der Waals surface area contributed by atoms with E-state index in [0.29, 0.717) is 30.4 Å². The predicted octanol–water partition coefficient (Wildman–Crippen LogP) is 3.38. The molecular formula is C19H22N2O3. The second kappa shape index (κ2) is 7.25. The minimum atomic E-state index is -0.100. The first kappa shape index (κ1) is 16.2. The molecule has 0 atom stereocenters. The van der Waals surface area contributed by atoms with Crippen molar-refractivity contribution in [2.24, 2.45) is 0 Å². The van der Waals surface area contributed by atoms with Crippen LogP contribution in [0.2, 0.25) is 0 Å². The lowest BCUT2D eigenvalue weighted by atomic mass is 10.1. The molecule has 1 amide bonds. The largest absolute Gasteiger partial charge is 0.486 e. The third-order valence-corrected chi connectivity index (χ3v) is 3.99. The highest BCUT2D eigenvalue weighted by atomic mass is 16.6. The predicted molar refractivity (Wildman–Crippen MR) is 95.1 cm³/mol. The zero-order valence-corrected chi connectivity index (χ0v) is 14.0. The molecule has 0 radical (unpaired) electrons. The fraction of sp³-hybridized carbons (Fsp3) is 0.316. The Morgan fingerprint density at radius 3 is 2.71 bits per heavy atom. The van der Waals surface area contributed by atoms with Gasteiger partial charge in [0.05, 0.1) is 6.54 Å². The van der Waals surface area contributed by atoms with E-state index in [1.807, 2.05) is 31.2 Å². The summed E-state index contributed by atoms with van der Waals surface area (Å²) in [5, 5.41) is 6.13. The summed E-state index contributed by atoms with van der Waals surface area (Å²) in [5.74, 6) is 1.28. The highest BCUT2D eigenvalue weighted by Crippen LogP contribution is 2.32. The summed E-state index contributed by atoms with van der Waals surface area (Å²) >= 11 is 0. The number of nitrogens with one attached hydrogen (secondary N) is 2. The summed E-state index contributed by atoms with van der Waals surface area (Å²) in [6, 6.07) is 11.6. The van der Waals surface area contributed by atoms with Gasteiger partial charge in [0.15, 0.2) is 11.5 Å². The SMILES string of the molecule is CCc1cccc(C)c1NCC(=O)Nc1ccc2c(c1)OCCO2. The van der Waals surface area contributed by atoms with E-state index in [1.165, 1.54) is 5.56 Å². The zero-order chi connectivity index (χ0) is 16.9. The Morgan fingerprint density at radius 1 is 1.12 bits per heavy atom. The number of carbonyl (C=O) groups excluding carboxylic acids is 1. The fourth-order valence-electron chi connectivity index (χ4n) is 2.77. The van der Waals surface area contributed by atoms with Crippen LogP contribution >= 0.6 is 0 Å². The smallest absolute Gasteiger partial charge is 0.243 e. The van der Waals surface area contributed by atoms with Crippen molar-refractivity contribution in [1.29, 1.82) is 0 Å². The van der Waals surface area contributed by atoms with Gasteiger partial charge in [0, 0.05) is 17.4 Å². The maximum absolute atomic E-state index is 12.2. The maximum atomic E-state index is 12.2. The zero-order valence-electron chi connectivity index (χ0n) is 14.0. The van der Waals surface area contributed by atoms with Gasteiger partial charge in [-0.05, 0) is 36.6 Å². The summed E-state index contributed by atoms with van der Waals surface area (Å²) in [5.41, 5.74) is 4.09. The number of fused-ring (bicyclic) bond motifs is 1. The monoisotopic (exact) mass is 326 g/mol. The second-order valence-electron chi connectivity index (χ2n) is 5.72. The van der Waals surface area contributed by atoms with Crippen LogP contribution in [0.15, 0.2) is 36.4 Å². The Hall–Kier alpha value is -2.69. The van der Waals surface area contributed by atoms with Crippen LogP contribution in [0.4, 0.5) is 11.4 Å². The molecule has 2 aromatic rings. The third kappa shape index (κ3) is 3.62. The average Bonchev–Trinajstić information content (AvgIpc) is 2.60. The molecule has 3 rings (SSSR count). The van der Waals surface area contributed by atoms with Gasteiger partial charge >= 0.3 is 0 Å². The molecule has 0 aromatic heterocycles. The molecule has 0 bridgehead atoms. The van der Waals surface area contributed by atoms with E-state index in [2.05, 4.69) is 23.6 Å². The van der Waals surface area contributed by atoms with Crippen LogP contribution in [0.3, 0.4) is 0 Å². The fourth-order valence-corrected chi connectivity index (χ4v) is 2.77. The van der Waals surface area contributed by atoms with Gasteiger partial charge in [0.25, 0.3) is 0 Å². The maximum Gasteiger partial charge on any atom is 0.243 e. The molecule has 24 heavy (non-hydrogen) atoms. The normalized spacial score (nSPS) is 12.6. The van der Waals surface area contributed by atoms with Gasteiger partial charge < -0.3 is 20.1 Å². The van der Waals surface area contributed by atoms with Crippen molar-refractivity contribution in [2.75, 3.05) is 30.4 Å². The van der Waals surface area contributed by atoms with Crippen molar-refractivity contribution in [2.45, 2.75) is 20.3 Å². The number of hydrogen-bond acceptors (Lipinski definition) is 4. The lowest BCUT2D eigenvalue weighted by Gasteiger charge is -2.19. The summed E-state index contributed by atoms with van der Waals surface area (Å²) in [6.07, 6.45) is 0.924. The van der Waals surface area contributed by atoms with E-state index < -0.39 is 0 Å². The molecule has 1 aliphatic heterocycles. The van der Waals surface area contributed by atoms with Crippen LogP contribution in [0, 0.1) is 6.92 Å². The van der Waals surface area contributed by atoms with Crippen LogP contribution in [-0.4, -0.2) is 25.7 Å². The van der Waals surface area contributed by atoms with Crippen molar-refractivity contribution in [3.63, 3.8) is 0 Å². The van der Waals surface area contributed by atoms with Gasteiger partial charge in [-0.2, -0.15) is 0 Å². The minimum absolute atomic E-state index is 0.100. The third-order valence-electron chi connectivity index (χ3n) is 3.99. The molecule has 1 heterocycles. The van der Waals surface area contributed by atoms with Crippen LogP contribution in [0.25, 0.3) is 0 Å². The topological polar surface area (TPSA) is 59.6 Å².